The smallest absolute Gasteiger partial charge is 0.318 e. The number of ether oxygens (including phenoxy) is 1. The van der Waals surface area contributed by atoms with Gasteiger partial charge in [-0.05, 0) is 68.2 Å². The zero-order chi connectivity index (χ0) is 31.5. The van der Waals surface area contributed by atoms with Crippen LogP contribution in [0.2, 0.25) is 0 Å². The van der Waals surface area contributed by atoms with Crippen molar-refractivity contribution in [2.75, 3.05) is 49.1 Å². The van der Waals surface area contributed by atoms with Gasteiger partial charge >= 0.3 is 6.01 Å². The number of phenols is 1. The number of phenolic OH excluding ortho intramolecular Hbond substituents is 1. The number of aromatic hydroxyl groups is 1. The maximum atomic E-state index is 15.0. The topological polar surface area (TPSA) is 128 Å². The van der Waals surface area contributed by atoms with E-state index in [9.17, 15) is 23.8 Å². The van der Waals surface area contributed by atoms with Crippen LogP contribution in [0.1, 0.15) is 55.8 Å². The number of primary amides is 1. The number of aromatic nitrogens is 2. The predicted octanol–water partition coefficient (Wildman–Crippen LogP) is 3.37. The first-order chi connectivity index (χ1) is 21.6. The molecule has 0 radical (unpaired) electrons. The zero-order valence-corrected chi connectivity index (χ0v) is 25.6. The predicted molar refractivity (Wildman–Crippen MR) is 166 cm³/mol. The summed E-state index contributed by atoms with van der Waals surface area (Å²) < 4.78 is 35.7. The first-order valence-electron chi connectivity index (χ1n) is 16.0. The van der Waals surface area contributed by atoms with Gasteiger partial charge in [-0.15, -0.1) is 0 Å². The summed E-state index contributed by atoms with van der Waals surface area (Å²) in [6.07, 6.45) is 3.20. The molecule has 1 aromatic heterocycles. The number of piperidine rings is 1. The van der Waals surface area contributed by atoms with E-state index in [2.05, 4.69) is 9.80 Å². The second-order valence-electron chi connectivity index (χ2n) is 13.2. The SMILES string of the molecule is CCc1c(F)ccc2cc(O)cc(N3CCc4c(nc(OC[C@@]56CCCN5C[C@H](F)C6)nc4N4CCCC(O)(C(N)=O)C4)C3)c12. The Hall–Kier alpha value is -3.77. The van der Waals surface area contributed by atoms with Crippen molar-refractivity contribution >= 4 is 28.2 Å². The number of carbonyl (C=O) groups excluding carboxylic acids is 1. The minimum absolute atomic E-state index is 0.00647. The van der Waals surface area contributed by atoms with Gasteiger partial charge in [0.25, 0.3) is 5.91 Å². The highest BCUT2D eigenvalue weighted by atomic mass is 19.1. The minimum Gasteiger partial charge on any atom is -0.508 e. The number of nitrogens with zero attached hydrogens (tertiary/aromatic N) is 5. The molecule has 3 fully saturated rings. The number of benzene rings is 2. The third-order valence-corrected chi connectivity index (χ3v) is 10.3. The molecule has 3 atom stereocenters. The molecule has 0 bridgehead atoms. The fraction of sp³-hybridized carbons (Fsp3) is 0.545. The highest BCUT2D eigenvalue weighted by Gasteiger charge is 2.49. The number of amides is 1. The van der Waals surface area contributed by atoms with Gasteiger partial charge in [-0.2, -0.15) is 9.97 Å². The molecule has 4 N–H and O–H groups in total. The van der Waals surface area contributed by atoms with Crippen molar-refractivity contribution in [3.63, 3.8) is 0 Å². The van der Waals surface area contributed by atoms with Crippen LogP contribution in [-0.4, -0.2) is 87.6 Å². The van der Waals surface area contributed by atoms with Crippen molar-refractivity contribution in [2.24, 2.45) is 5.73 Å². The van der Waals surface area contributed by atoms with E-state index in [4.69, 9.17) is 20.4 Å². The number of halogens is 2. The molecule has 12 heteroatoms. The number of hydrogen-bond donors (Lipinski definition) is 3. The lowest BCUT2D eigenvalue weighted by Crippen LogP contribution is -2.56. The number of aryl methyl sites for hydroxylation is 1. The van der Waals surface area contributed by atoms with Crippen molar-refractivity contribution in [2.45, 2.75) is 75.7 Å². The quantitative estimate of drug-likeness (QED) is 0.363. The van der Waals surface area contributed by atoms with E-state index in [-0.39, 0.29) is 42.7 Å². The van der Waals surface area contributed by atoms with Crippen LogP contribution in [0.5, 0.6) is 11.8 Å². The minimum atomic E-state index is -1.68. The summed E-state index contributed by atoms with van der Waals surface area (Å²) in [6.45, 7) is 4.89. The summed E-state index contributed by atoms with van der Waals surface area (Å²) in [5, 5.41) is 23.2. The van der Waals surface area contributed by atoms with E-state index in [1.807, 2.05) is 11.8 Å². The van der Waals surface area contributed by atoms with Gasteiger partial charge < -0.3 is 30.5 Å². The Labute approximate surface area is 260 Å². The van der Waals surface area contributed by atoms with E-state index in [0.29, 0.717) is 68.9 Å². The lowest BCUT2D eigenvalue weighted by molar-refractivity contribution is -0.137. The molecule has 4 aliphatic heterocycles. The van der Waals surface area contributed by atoms with Gasteiger partial charge in [0.1, 0.15) is 30.2 Å². The molecule has 1 amide bonds. The molecular weight excluding hydrogens is 582 g/mol. The lowest BCUT2D eigenvalue weighted by Gasteiger charge is -2.40. The largest absolute Gasteiger partial charge is 0.508 e. The standard InChI is InChI=1S/C33H40F2N6O4/c1-2-23-25(35)6-5-20-13-22(42)14-27(28(20)23)39-12-7-24-26(17-39)37-31(45-19-32-8-3-11-41(32)16-21(34)15-32)38-29(24)40-10-4-9-33(44,18-40)30(36)43/h5-6,13-14,21,42,44H,2-4,7-12,15-19H2,1H3,(H2,36,43)/t21-,32+,33?/m1/s1. The number of fused-ring (bicyclic) bond motifs is 3. The van der Waals surface area contributed by atoms with Gasteiger partial charge in [0.15, 0.2) is 5.60 Å². The van der Waals surface area contributed by atoms with Crippen LogP contribution in [0, 0.1) is 5.82 Å². The number of rotatable bonds is 7. The summed E-state index contributed by atoms with van der Waals surface area (Å²) in [7, 11) is 0. The summed E-state index contributed by atoms with van der Waals surface area (Å²) in [5.41, 5.74) is 6.42. The molecule has 0 spiro atoms. The highest BCUT2D eigenvalue weighted by molar-refractivity contribution is 5.98. The Morgan fingerprint density at radius 1 is 1.16 bits per heavy atom. The van der Waals surface area contributed by atoms with Gasteiger partial charge in [-0.1, -0.05) is 13.0 Å². The van der Waals surface area contributed by atoms with Crippen LogP contribution >= 0.6 is 0 Å². The van der Waals surface area contributed by atoms with E-state index in [0.717, 1.165) is 41.4 Å². The van der Waals surface area contributed by atoms with Crippen LogP contribution in [0.3, 0.4) is 0 Å². The van der Waals surface area contributed by atoms with Crippen molar-refractivity contribution in [3.8, 4) is 11.8 Å². The Morgan fingerprint density at radius 3 is 2.78 bits per heavy atom. The van der Waals surface area contributed by atoms with E-state index >= 15 is 0 Å². The fourth-order valence-electron chi connectivity index (χ4n) is 8.06. The molecular formula is C33H40F2N6O4. The van der Waals surface area contributed by atoms with E-state index in [1.54, 1.807) is 18.2 Å². The normalized spacial score (nSPS) is 26.7. The zero-order valence-electron chi connectivity index (χ0n) is 25.6. The molecule has 4 aliphatic rings. The molecule has 5 heterocycles. The number of hydrogen-bond acceptors (Lipinski definition) is 9. The van der Waals surface area contributed by atoms with Crippen molar-refractivity contribution in [3.05, 3.63) is 46.9 Å². The molecule has 45 heavy (non-hydrogen) atoms. The Kier molecular flexibility index (Phi) is 7.47. The third-order valence-electron chi connectivity index (χ3n) is 10.3. The number of alkyl halides is 1. The van der Waals surface area contributed by atoms with Crippen LogP contribution < -0.4 is 20.3 Å². The Bertz CT molecular complexity index is 1660. The maximum absolute atomic E-state index is 15.0. The highest BCUT2D eigenvalue weighted by Crippen LogP contribution is 2.42. The summed E-state index contributed by atoms with van der Waals surface area (Å²) in [5.74, 6) is -0.378. The molecule has 0 saturated carbocycles. The molecule has 1 unspecified atom stereocenters. The van der Waals surface area contributed by atoms with Crippen molar-refractivity contribution < 1.29 is 28.5 Å². The molecule has 0 aliphatic carbocycles. The first kappa shape index (κ1) is 29.9. The van der Waals surface area contributed by atoms with Gasteiger partial charge in [0.05, 0.1) is 24.3 Å². The Morgan fingerprint density at radius 2 is 1.98 bits per heavy atom. The van der Waals surface area contributed by atoms with Gasteiger partial charge in [0.2, 0.25) is 0 Å². The number of nitrogens with two attached hydrogens (primary N) is 1. The van der Waals surface area contributed by atoms with Crippen molar-refractivity contribution in [1.29, 1.82) is 0 Å². The van der Waals surface area contributed by atoms with Gasteiger partial charge in [-0.25, -0.2) is 8.78 Å². The third kappa shape index (κ3) is 5.21. The van der Waals surface area contributed by atoms with Crippen LogP contribution in [-0.2, 0) is 24.2 Å². The summed E-state index contributed by atoms with van der Waals surface area (Å²) >= 11 is 0. The molecule has 7 rings (SSSR count). The summed E-state index contributed by atoms with van der Waals surface area (Å²) in [6, 6.07) is 6.59. The van der Waals surface area contributed by atoms with Crippen LogP contribution in [0.15, 0.2) is 24.3 Å². The van der Waals surface area contributed by atoms with Crippen LogP contribution in [0.4, 0.5) is 20.3 Å². The fourth-order valence-corrected chi connectivity index (χ4v) is 8.06. The number of anilines is 2. The molecule has 3 saturated heterocycles. The van der Waals surface area contributed by atoms with Crippen molar-refractivity contribution in [1.82, 2.24) is 14.9 Å². The lowest BCUT2D eigenvalue weighted by atomic mass is 9.91. The second kappa shape index (κ2) is 11.2. The average molecular weight is 623 g/mol. The molecule has 3 aromatic rings. The van der Waals surface area contributed by atoms with Gasteiger partial charge in [-0.3, -0.25) is 9.69 Å². The van der Waals surface area contributed by atoms with Gasteiger partial charge in [0, 0.05) is 48.8 Å². The molecule has 240 valence electrons. The number of β-amino-alcohol motifs (C(OH)–C–C–N with tert-alkyl or cyclic N) is 1. The van der Waals surface area contributed by atoms with E-state index in [1.165, 1.54) is 6.07 Å². The molecule has 10 nitrogen and oxygen atoms in total. The Balaban J connectivity index is 1.27. The van der Waals surface area contributed by atoms with E-state index < -0.39 is 17.7 Å². The monoisotopic (exact) mass is 622 g/mol. The summed E-state index contributed by atoms with van der Waals surface area (Å²) in [4.78, 5) is 28.0. The first-order valence-corrected chi connectivity index (χ1v) is 16.0. The number of carbonyl (C=O) groups is 1. The second-order valence-corrected chi connectivity index (χ2v) is 13.2. The maximum Gasteiger partial charge on any atom is 0.318 e. The van der Waals surface area contributed by atoms with Crippen LogP contribution in [0.25, 0.3) is 10.8 Å². The molecule has 2 aromatic carbocycles. The average Bonchev–Trinajstić information content (AvgIpc) is 3.54. The number of aliphatic hydroxyl groups is 1.